The molecule has 1 saturated heterocycles. The van der Waals surface area contributed by atoms with Crippen molar-refractivity contribution in [1.82, 2.24) is 10.2 Å². The molecule has 5 heteroatoms. The van der Waals surface area contributed by atoms with Gasteiger partial charge in [-0.3, -0.25) is 9.59 Å². The van der Waals surface area contributed by atoms with Crippen molar-refractivity contribution in [3.8, 4) is 0 Å². The SMILES string of the molecule is CCC1C(=O)NC(C)(C2CC2)C(=O)N1CCOC(C)C. The van der Waals surface area contributed by atoms with Gasteiger partial charge in [0.15, 0.2) is 0 Å². The maximum absolute atomic E-state index is 12.8. The van der Waals surface area contributed by atoms with E-state index in [0.29, 0.717) is 25.5 Å². The van der Waals surface area contributed by atoms with Gasteiger partial charge >= 0.3 is 0 Å². The molecule has 0 aromatic rings. The number of hydrogen-bond donors (Lipinski definition) is 1. The number of nitrogens with zero attached hydrogens (tertiary/aromatic N) is 1. The first-order valence-electron chi connectivity index (χ1n) is 7.64. The van der Waals surface area contributed by atoms with Crippen molar-refractivity contribution in [3.05, 3.63) is 0 Å². The molecule has 2 amide bonds. The van der Waals surface area contributed by atoms with Crippen LogP contribution in [0.2, 0.25) is 0 Å². The number of ether oxygens (including phenoxy) is 1. The highest BCUT2D eigenvalue weighted by atomic mass is 16.5. The Morgan fingerprint density at radius 2 is 2.05 bits per heavy atom. The maximum atomic E-state index is 12.8. The summed E-state index contributed by atoms with van der Waals surface area (Å²) in [7, 11) is 0. The zero-order chi connectivity index (χ0) is 14.9. The highest BCUT2D eigenvalue weighted by molar-refractivity contribution is 6.00. The first kappa shape index (κ1) is 15.3. The van der Waals surface area contributed by atoms with E-state index in [1.165, 1.54) is 0 Å². The van der Waals surface area contributed by atoms with Crippen LogP contribution in [0.4, 0.5) is 0 Å². The van der Waals surface area contributed by atoms with Crippen LogP contribution in [0.5, 0.6) is 0 Å². The molecule has 0 aromatic heterocycles. The molecular weight excluding hydrogens is 256 g/mol. The van der Waals surface area contributed by atoms with E-state index < -0.39 is 5.54 Å². The quantitative estimate of drug-likeness (QED) is 0.799. The summed E-state index contributed by atoms with van der Waals surface area (Å²) in [4.78, 5) is 26.8. The first-order valence-corrected chi connectivity index (χ1v) is 7.64. The third kappa shape index (κ3) is 2.82. The van der Waals surface area contributed by atoms with Gasteiger partial charge in [-0.15, -0.1) is 0 Å². The van der Waals surface area contributed by atoms with Crippen LogP contribution in [0, 0.1) is 5.92 Å². The third-order valence-corrected chi connectivity index (χ3v) is 4.33. The molecule has 1 saturated carbocycles. The molecule has 1 aliphatic carbocycles. The molecule has 5 nitrogen and oxygen atoms in total. The van der Waals surface area contributed by atoms with E-state index in [2.05, 4.69) is 5.32 Å². The number of nitrogens with one attached hydrogen (secondary N) is 1. The van der Waals surface area contributed by atoms with Crippen LogP contribution in [0.1, 0.15) is 47.0 Å². The molecule has 2 aliphatic rings. The van der Waals surface area contributed by atoms with Gasteiger partial charge in [-0.25, -0.2) is 0 Å². The predicted molar refractivity (Wildman–Crippen MR) is 76.2 cm³/mol. The Hall–Kier alpha value is -1.10. The smallest absolute Gasteiger partial charge is 0.249 e. The van der Waals surface area contributed by atoms with Crippen LogP contribution < -0.4 is 5.32 Å². The average molecular weight is 282 g/mol. The van der Waals surface area contributed by atoms with Crippen LogP contribution in [-0.4, -0.2) is 47.6 Å². The van der Waals surface area contributed by atoms with Gasteiger partial charge in [0.25, 0.3) is 0 Å². The van der Waals surface area contributed by atoms with Crippen LogP contribution in [0.3, 0.4) is 0 Å². The van der Waals surface area contributed by atoms with Gasteiger partial charge in [0.2, 0.25) is 11.8 Å². The van der Waals surface area contributed by atoms with Gasteiger partial charge in [0.05, 0.1) is 12.7 Å². The van der Waals surface area contributed by atoms with E-state index in [9.17, 15) is 9.59 Å². The number of carbonyl (C=O) groups is 2. The number of amides is 2. The van der Waals surface area contributed by atoms with E-state index in [1.807, 2.05) is 27.7 Å². The minimum atomic E-state index is -0.708. The van der Waals surface area contributed by atoms with Crippen molar-refractivity contribution in [3.63, 3.8) is 0 Å². The van der Waals surface area contributed by atoms with Gasteiger partial charge in [-0.05, 0) is 46.0 Å². The fourth-order valence-corrected chi connectivity index (χ4v) is 2.96. The van der Waals surface area contributed by atoms with Crippen molar-refractivity contribution in [1.29, 1.82) is 0 Å². The molecule has 114 valence electrons. The second-order valence-corrected chi connectivity index (χ2v) is 6.31. The molecule has 20 heavy (non-hydrogen) atoms. The topological polar surface area (TPSA) is 58.6 Å². The Kier molecular flexibility index (Phi) is 4.37. The summed E-state index contributed by atoms with van der Waals surface area (Å²) in [5.41, 5.74) is -0.708. The lowest BCUT2D eigenvalue weighted by Gasteiger charge is -2.44. The molecule has 2 unspecified atom stereocenters. The molecule has 0 bridgehead atoms. The largest absolute Gasteiger partial charge is 0.377 e. The number of hydrogen-bond acceptors (Lipinski definition) is 3. The Morgan fingerprint density at radius 1 is 1.40 bits per heavy atom. The predicted octanol–water partition coefficient (Wildman–Crippen LogP) is 1.32. The molecule has 0 spiro atoms. The average Bonchev–Trinajstić information content (AvgIpc) is 3.19. The standard InChI is InChI=1S/C15H26N2O3/c1-5-12-13(18)16-15(4,11-6-7-11)14(19)17(12)8-9-20-10(2)3/h10-12H,5-9H2,1-4H3,(H,16,18). The fraction of sp³-hybridized carbons (Fsp3) is 0.867. The van der Waals surface area contributed by atoms with E-state index in [-0.39, 0.29) is 24.0 Å². The van der Waals surface area contributed by atoms with Crippen LogP contribution in [0.25, 0.3) is 0 Å². The highest BCUT2D eigenvalue weighted by Crippen LogP contribution is 2.42. The van der Waals surface area contributed by atoms with Crippen molar-refractivity contribution in [2.45, 2.75) is 64.6 Å². The lowest BCUT2D eigenvalue weighted by atomic mass is 9.89. The van der Waals surface area contributed by atoms with Gasteiger partial charge in [0.1, 0.15) is 11.6 Å². The molecule has 2 atom stereocenters. The van der Waals surface area contributed by atoms with Crippen LogP contribution >= 0.6 is 0 Å². The van der Waals surface area contributed by atoms with Crippen molar-refractivity contribution < 1.29 is 14.3 Å². The van der Waals surface area contributed by atoms with Crippen LogP contribution in [-0.2, 0) is 14.3 Å². The number of piperazine rings is 1. The molecule has 1 heterocycles. The van der Waals surface area contributed by atoms with Gasteiger partial charge in [-0.1, -0.05) is 6.92 Å². The fourth-order valence-electron chi connectivity index (χ4n) is 2.96. The second kappa shape index (κ2) is 5.72. The zero-order valence-corrected chi connectivity index (χ0v) is 12.9. The molecule has 2 fully saturated rings. The summed E-state index contributed by atoms with van der Waals surface area (Å²) in [6, 6.07) is -0.356. The monoisotopic (exact) mass is 282 g/mol. The first-order chi connectivity index (χ1) is 9.40. The van der Waals surface area contributed by atoms with Gasteiger partial charge in [0, 0.05) is 6.54 Å². The molecule has 1 N–H and O–H groups in total. The van der Waals surface area contributed by atoms with Gasteiger partial charge in [-0.2, -0.15) is 0 Å². The third-order valence-electron chi connectivity index (χ3n) is 4.33. The van der Waals surface area contributed by atoms with Crippen molar-refractivity contribution in [2.24, 2.45) is 5.92 Å². The Bertz CT molecular complexity index is 393. The molecule has 2 rings (SSSR count). The summed E-state index contributed by atoms with van der Waals surface area (Å²) < 4.78 is 5.54. The Labute approximate surface area is 121 Å². The van der Waals surface area contributed by atoms with E-state index in [1.54, 1.807) is 4.90 Å². The number of rotatable bonds is 6. The Balaban J connectivity index is 2.10. The lowest BCUT2D eigenvalue weighted by molar-refractivity contribution is -0.156. The number of carbonyl (C=O) groups excluding carboxylic acids is 2. The highest BCUT2D eigenvalue weighted by Gasteiger charge is 2.54. The van der Waals surface area contributed by atoms with Crippen molar-refractivity contribution in [2.75, 3.05) is 13.2 Å². The summed E-state index contributed by atoms with van der Waals surface area (Å²) in [5.74, 6) is 0.329. The second-order valence-electron chi connectivity index (χ2n) is 6.31. The molecule has 0 aromatic carbocycles. The molecule has 0 radical (unpaired) electrons. The van der Waals surface area contributed by atoms with Crippen molar-refractivity contribution >= 4 is 11.8 Å². The maximum Gasteiger partial charge on any atom is 0.249 e. The Morgan fingerprint density at radius 3 is 2.55 bits per heavy atom. The van der Waals surface area contributed by atoms with E-state index >= 15 is 0 Å². The van der Waals surface area contributed by atoms with E-state index in [0.717, 1.165) is 12.8 Å². The summed E-state index contributed by atoms with van der Waals surface area (Å²) >= 11 is 0. The normalized spacial score (nSPS) is 30.9. The minimum absolute atomic E-state index is 0.0222. The van der Waals surface area contributed by atoms with E-state index in [4.69, 9.17) is 4.74 Å². The van der Waals surface area contributed by atoms with Crippen LogP contribution in [0.15, 0.2) is 0 Å². The molecule has 1 aliphatic heterocycles. The zero-order valence-electron chi connectivity index (χ0n) is 12.9. The minimum Gasteiger partial charge on any atom is -0.377 e. The molecular formula is C15H26N2O3. The summed E-state index contributed by atoms with van der Waals surface area (Å²) in [6.45, 7) is 8.71. The summed E-state index contributed by atoms with van der Waals surface area (Å²) in [6.07, 6.45) is 2.82. The lowest BCUT2D eigenvalue weighted by Crippen LogP contribution is -2.70. The van der Waals surface area contributed by atoms with Gasteiger partial charge < -0.3 is 15.0 Å². The summed E-state index contributed by atoms with van der Waals surface area (Å²) in [5, 5.41) is 2.96.